The van der Waals surface area contributed by atoms with Crippen LogP contribution in [-0.4, -0.2) is 13.1 Å². The molecule has 1 heterocycles. The predicted molar refractivity (Wildman–Crippen MR) is 75.0 cm³/mol. The minimum absolute atomic E-state index is 0.572. The molecule has 0 aromatic heterocycles. The molecule has 1 nitrogen and oxygen atoms in total. The Balaban J connectivity index is 2.30. The van der Waals surface area contributed by atoms with Crippen LogP contribution in [0.5, 0.6) is 0 Å². The van der Waals surface area contributed by atoms with Gasteiger partial charge in [0.25, 0.3) is 0 Å². The highest BCUT2D eigenvalue weighted by atomic mass is 14.9. The maximum absolute atomic E-state index is 3.52. The van der Waals surface area contributed by atoms with Gasteiger partial charge in [-0.15, -0.1) is 0 Å². The smallest absolute Gasteiger partial charge is 0.0205 e. The summed E-state index contributed by atoms with van der Waals surface area (Å²) in [5.41, 5.74) is 4.65. The first kappa shape index (κ1) is 12.6. The van der Waals surface area contributed by atoms with Crippen LogP contribution in [0.4, 0.5) is 0 Å². The molecular formula is C16H25N. The van der Waals surface area contributed by atoms with E-state index in [0.29, 0.717) is 11.8 Å². The van der Waals surface area contributed by atoms with Crippen molar-refractivity contribution in [1.82, 2.24) is 5.32 Å². The highest BCUT2D eigenvalue weighted by Gasteiger charge is 2.16. The number of hydrogen-bond donors (Lipinski definition) is 1. The number of hydrogen-bond acceptors (Lipinski definition) is 1. The van der Waals surface area contributed by atoms with Crippen LogP contribution in [0.2, 0.25) is 0 Å². The lowest BCUT2D eigenvalue weighted by molar-refractivity contribution is 0.661. The van der Waals surface area contributed by atoms with Crippen molar-refractivity contribution in [3.8, 4) is 0 Å². The van der Waals surface area contributed by atoms with Gasteiger partial charge in [0.15, 0.2) is 0 Å². The topological polar surface area (TPSA) is 12.0 Å². The number of nitrogens with one attached hydrogen (secondary N) is 1. The van der Waals surface area contributed by atoms with Gasteiger partial charge >= 0.3 is 0 Å². The molecule has 1 aliphatic heterocycles. The molecule has 2 unspecified atom stereocenters. The Hall–Kier alpha value is -0.820. The first-order valence-corrected chi connectivity index (χ1v) is 7.04. The molecule has 2 aliphatic rings. The normalized spacial score (nSPS) is 27.0. The van der Waals surface area contributed by atoms with Gasteiger partial charge in [-0.1, -0.05) is 39.0 Å². The lowest BCUT2D eigenvalue weighted by Gasteiger charge is -2.12. The highest BCUT2D eigenvalue weighted by molar-refractivity contribution is 5.43. The molecule has 0 amide bonds. The van der Waals surface area contributed by atoms with Crippen molar-refractivity contribution in [2.75, 3.05) is 13.1 Å². The van der Waals surface area contributed by atoms with Crippen molar-refractivity contribution in [1.29, 1.82) is 0 Å². The average Bonchev–Trinajstić information content (AvgIpc) is 2.60. The Kier molecular flexibility index (Phi) is 4.22. The number of rotatable bonds is 2. The second-order valence-electron chi connectivity index (χ2n) is 5.48. The number of fused-ring (bicyclic) bond motifs is 1. The summed E-state index contributed by atoms with van der Waals surface area (Å²) >= 11 is 0. The van der Waals surface area contributed by atoms with Crippen LogP contribution in [0, 0.1) is 11.8 Å². The first-order valence-electron chi connectivity index (χ1n) is 7.04. The van der Waals surface area contributed by atoms with Crippen molar-refractivity contribution >= 4 is 0 Å². The molecule has 0 aromatic rings. The zero-order chi connectivity index (χ0) is 12.3. The maximum atomic E-state index is 3.52. The van der Waals surface area contributed by atoms with Crippen molar-refractivity contribution in [2.45, 2.75) is 40.0 Å². The van der Waals surface area contributed by atoms with Crippen molar-refractivity contribution < 1.29 is 0 Å². The fourth-order valence-electron chi connectivity index (χ4n) is 2.69. The third kappa shape index (κ3) is 3.10. The molecule has 17 heavy (non-hydrogen) atoms. The predicted octanol–water partition coefficient (Wildman–Crippen LogP) is 3.84. The second kappa shape index (κ2) is 5.68. The molecule has 1 fully saturated rings. The van der Waals surface area contributed by atoms with E-state index >= 15 is 0 Å². The van der Waals surface area contributed by atoms with E-state index in [-0.39, 0.29) is 0 Å². The molecule has 0 radical (unpaired) electrons. The Morgan fingerprint density at radius 3 is 2.94 bits per heavy atom. The monoisotopic (exact) mass is 231 g/mol. The van der Waals surface area contributed by atoms with Gasteiger partial charge in [-0.3, -0.25) is 0 Å². The molecule has 0 bridgehead atoms. The number of allylic oxidation sites excluding steroid dienone is 4. The lowest BCUT2D eigenvalue weighted by atomic mass is 9.93. The van der Waals surface area contributed by atoms with Crippen LogP contribution in [0.1, 0.15) is 40.0 Å². The van der Waals surface area contributed by atoms with Gasteiger partial charge in [0.05, 0.1) is 0 Å². The van der Waals surface area contributed by atoms with Gasteiger partial charge in [0.2, 0.25) is 0 Å². The van der Waals surface area contributed by atoms with E-state index in [4.69, 9.17) is 0 Å². The molecular weight excluding hydrogens is 206 g/mol. The van der Waals surface area contributed by atoms with Crippen LogP contribution < -0.4 is 5.32 Å². The van der Waals surface area contributed by atoms with Crippen LogP contribution in [0.3, 0.4) is 0 Å². The Bertz CT molecular complexity index is 360. The first-order chi connectivity index (χ1) is 8.20. The molecule has 2 atom stereocenters. The molecule has 2 rings (SSSR count). The largest absolute Gasteiger partial charge is 0.313 e. The molecule has 1 N–H and O–H groups in total. The third-order valence-corrected chi connectivity index (χ3v) is 3.97. The van der Waals surface area contributed by atoms with Gasteiger partial charge in [0.1, 0.15) is 0 Å². The average molecular weight is 231 g/mol. The molecule has 0 aromatic carbocycles. The summed E-state index contributed by atoms with van der Waals surface area (Å²) in [5.74, 6) is 1.26. The van der Waals surface area contributed by atoms with E-state index in [0.717, 1.165) is 13.1 Å². The van der Waals surface area contributed by atoms with Crippen LogP contribution in [-0.2, 0) is 0 Å². The molecule has 1 aliphatic carbocycles. The van der Waals surface area contributed by atoms with Gasteiger partial charge < -0.3 is 5.32 Å². The Morgan fingerprint density at radius 2 is 2.18 bits per heavy atom. The van der Waals surface area contributed by atoms with Gasteiger partial charge in [-0.25, -0.2) is 0 Å². The summed E-state index contributed by atoms with van der Waals surface area (Å²) in [7, 11) is 0. The van der Waals surface area contributed by atoms with E-state index in [1.165, 1.54) is 24.8 Å². The fourth-order valence-corrected chi connectivity index (χ4v) is 2.69. The van der Waals surface area contributed by atoms with Crippen molar-refractivity contribution in [3.63, 3.8) is 0 Å². The minimum atomic E-state index is 0.572. The summed E-state index contributed by atoms with van der Waals surface area (Å²) in [5, 5.41) is 3.52. The highest BCUT2D eigenvalue weighted by Crippen LogP contribution is 2.29. The summed E-state index contributed by atoms with van der Waals surface area (Å²) in [6.45, 7) is 9.14. The van der Waals surface area contributed by atoms with Crippen molar-refractivity contribution in [3.05, 3.63) is 34.9 Å². The van der Waals surface area contributed by atoms with Gasteiger partial charge in [0, 0.05) is 6.54 Å². The maximum Gasteiger partial charge on any atom is 0.0205 e. The zero-order valence-corrected chi connectivity index (χ0v) is 11.4. The molecule has 94 valence electrons. The quantitative estimate of drug-likeness (QED) is 0.761. The SMILES string of the molecule is CCC(C)C1=CC(C)C=C2CNCCCC2=C1. The van der Waals surface area contributed by atoms with Gasteiger partial charge in [-0.05, 0) is 54.4 Å². The van der Waals surface area contributed by atoms with E-state index < -0.39 is 0 Å². The Labute approximate surface area is 106 Å². The fraction of sp³-hybridized carbons (Fsp3) is 0.625. The summed E-state index contributed by atoms with van der Waals surface area (Å²) in [6.07, 6.45) is 11.1. The van der Waals surface area contributed by atoms with Crippen LogP contribution in [0.25, 0.3) is 0 Å². The molecule has 0 saturated carbocycles. The molecule has 1 saturated heterocycles. The zero-order valence-electron chi connectivity index (χ0n) is 11.4. The van der Waals surface area contributed by atoms with Crippen LogP contribution >= 0.6 is 0 Å². The lowest BCUT2D eigenvalue weighted by Crippen LogP contribution is -2.15. The van der Waals surface area contributed by atoms with Gasteiger partial charge in [-0.2, -0.15) is 0 Å². The van der Waals surface area contributed by atoms with E-state index in [1.54, 1.807) is 11.1 Å². The standard InChI is InChI=1S/C16H25N/c1-4-13(3)15-8-12(2)9-16-11-17-7-5-6-14(16)10-15/h8-10,12-13,17H,4-7,11H2,1-3H3. The minimum Gasteiger partial charge on any atom is -0.313 e. The van der Waals surface area contributed by atoms with Crippen molar-refractivity contribution in [2.24, 2.45) is 11.8 Å². The summed E-state index contributed by atoms with van der Waals surface area (Å²) in [4.78, 5) is 0. The summed E-state index contributed by atoms with van der Waals surface area (Å²) in [6, 6.07) is 0. The second-order valence-corrected chi connectivity index (χ2v) is 5.48. The van der Waals surface area contributed by atoms with E-state index in [2.05, 4.69) is 44.3 Å². The molecule has 0 spiro atoms. The Morgan fingerprint density at radius 1 is 1.35 bits per heavy atom. The summed E-state index contributed by atoms with van der Waals surface area (Å²) < 4.78 is 0. The van der Waals surface area contributed by atoms with E-state index in [9.17, 15) is 0 Å². The molecule has 1 heteroatoms. The third-order valence-electron chi connectivity index (χ3n) is 3.97. The van der Waals surface area contributed by atoms with E-state index in [1.807, 2.05) is 0 Å². The van der Waals surface area contributed by atoms with Crippen LogP contribution in [0.15, 0.2) is 34.9 Å².